The highest BCUT2D eigenvalue weighted by Gasteiger charge is 2.25. The lowest BCUT2D eigenvalue weighted by Gasteiger charge is -2.17. The number of hydrogen-bond donors (Lipinski definition) is 1. The summed E-state index contributed by atoms with van der Waals surface area (Å²) in [6, 6.07) is 8.98. The van der Waals surface area contributed by atoms with Crippen molar-refractivity contribution in [3.8, 4) is 0 Å². The van der Waals surface area contributed by atoms with Gasteiger partial charge in [-0.25, -0.2) is 8.78 Å². The predicted molar refractivity (Wildman–Crippen MR) is 77.0 cm³/mol. The third-order valence-electron chi connectivity index (χ3n) is 3.70. The molecular formula is C16H14F2N2O. The molecule has 0 aromatic heterocycles. The van der Waals surface area contributed by atoms with Gasteiger partial charge in [0, 0.05) is 23.5 Å². The molecule has 5 heteroatoms. The molecule has 1 amide bonds. The summed E-state index contributed by atoms with van der Waals surface area (Å²) < 4.78 is 26.1. The van der Waals surface area contributed by atoms with Gasteiger partial charge < -0.3 is 10.6 Å². The number of carbonyl (C=O) groups excluding carboxylic acids is 1. The van der Waals surface area contributed by atoms with Crippen LogP contribution in [0.2, 0.25) is 0 Å². The molecule has 0 atom stereocenters. The Balaban J connectivity index is 1.82. The molecule has 0 bridgehead atoms. The first-order valence-corrected chi connectivity index (χ1v) is 6.68. The average Bonchev–Trinajstić information content (AvgIpc) is 2.88. The molecule has 0 fully saturated rings. The summed E-state index contributed by atoms with van der Waals surface area (Å²) in [5.74, 6) is -2.00. The number of benzene rings is 2. The molecule has 108 valence electrons. The number of carbonyl (C=O) groups is 1. The van der Waals surface area contributed by atoms with Crippen LogP contribution in [-0.4, -0.2) is 12.5 Å². The number of amides is 1. The fourth-order valence-electron chi connectivity index (χ4n) is 2.64. The van der Waals surface area contributed by atoms with Crippen molar-refractivity contribution < 1.29 is 13.6 Å². The molecule has 0 radical (unpaired) electrons. The highest BCUT2D eigenvalue weighted by atomic mass is 19.2. The molecular weight excluding hydrogens is 274 g/mol. The van der Waals surface area contributed by atoms with Crippen molar-refractivity contribution in [2.75, 3.05) is 17.2 Å². The van der Waals surface area contributed by atoms with Crippen molar-refractivity contribution in [1.29, 1.82) is 0 Å². The smallest absolute Gasteiger partial charge is 0.231 e. The first kappa shape index (κ1) is 13.5. The number of hydrogen-bond acceptors (Lipinski definition) is 2. The molecule has 0 saturated heterocycles. The third kappa shape index (κ3) is 2.46. The number of fused-ring (bicyclic) bond motifs is 1. The molecule has 0 spiro atoms. The van der Waals surface area contributed by atoms with Crippen LogP contribution >= 0.6 is 0 Å². The molecule has 3 rings (SSSR count). The second-order valence-electron chi connectivity index (χ2n) is 5.07. The van der Waals surface area contributed by atoms with Crippen LogP contribution in [0.5, 0.6) is 0 Å². The Morgan fingerprint density at radius 3 is 2.76 bits per heavy atom. The summed E-state index contributed by atoms with van der Waals surface area (Å²) in [4.78, 5) is 14.0. The number of nitrogen functional groups attached to an aromatic ring is 1. The van der Waals surface area contributed by atoms with Gasteiger partial charge in [0.2, 0.25) is 5.91 Å². The van der Waals surface area contributed by atoms with E-state index in [0.29, 0.717) is 24.2 Å². The number of nitrogens with two attached hydrogens (primary N) is 1. The van der Waals surface area contributed by atoms with E-state index < -0.39 is 11.6 Å². The predicted octanol–water partition coefficient (Wildman–Crippen LogP) is 2.68. The fourth-order valence-corrected chi connectivity index (χ4v) is 2.64. The third-order valence-corrected chi connectivity index (χ3v) is 3.70. The van der Waals surface area contributed by atoms with Gasteiger partial charge in [0.25, 0.3) is 0 Å². The highest BCUT2D eigenvalue weighted by Crippen LogP contribution is 2.32. The zero-order chi connectivity index (χ0) is 15.0. The lowest BCUT2D eigenvalue weighted by molar-refractivity contribution is -0.117. The van der Waals surface area contributed by atoms with E-state index in [1.54, 1.807) is 11.0 Å². The molecule has 0 aliphatic carbocycles. The largest absolute Gasteiger partial charge is 0.398 e. The van der Waals surface area contributed by atoms with Gasteiger partial charge in [-0.2, -0.15) is 0 Å². The molecule has 1 aliphatic heterocycles. The SMILES string of the molecule is Nc1cccc2c1CCN2C(=O)Cc1ccc(F)c(F)c1. The van der Waals surface area contributed by atoms with Crippen LogP contribution in [0.1, 0.15) is 11.1 Å². The molecule has 2 aromatic carbocycles. The van der Waals surface area contributed by atoms with Gasteiger partial charge in [0.15, 0.2) is 11.6 Å². The van der Waals surface area contributed by atoms with Crippen LogP contribution in [0, 0.1) is 11.6 Å². The van der Waals surface area contributed by atoms with Crippen molar-refractivity contribution in [2.45, 2.75) is 12.8 Å². The Bertz CT molecular complexity index is 715. The van der Waals surface area contributed by atoms with Crippen molar-refractivity contribution in [2.24, 2.45) is 0 Å². The van der Waals surface area contributed by atoms with Crippen molar-refractivity contribution >= 4 is 17.3 Å². The second kappa shape index (κ2) is 5.16. The number of anilines is 2. The quantitative estimate of drug-likeness (QED) is 0.864. The van der Waals surface area contributed by atoms with Gasteiger partial charge in [0.05, 0.1) is 6.42 Å². The van der Waals surface area contributed by atoms with E-state index in [4.69, 9.17) is 5.73 Å². The fraction of sp³-hybridized carbons (Fsp3) is 0.188. The molecule has 0 saturated carbocycles. The van der Waals surface area contributed by atoms with E-state index in [1.807, 2.05) is 12.1 Å². The minimum absolute atomic E-state index is 0.0332. The average molecular weight is 288 g/mol. The van der Waals surface area contributed by atoms with Crippen LogP contribution in [-0.2, 0) is 17.6 Å². The van der Waals surface area contributed by atoms with Crippen LogP contribution in [0.3, 0.4) is 0 Å². The van der Waals surface area contributed by atoms with E-state index in [2.05, 4.69) is 0 Å². The Hall–Kier alpha value is -2.43. The highest BCUT2D eigenvalue weighted by molar-refractivity contribution is 5.97. The molecule has 0 unspecified atom stereocenters. The zero-order valence-corrected chi connectivity index (χ0v) is 11.3. The number of nitrogens with zero attached hydrogens (tertiary/aromatic N) is 1. The molecule has 1 aliphatic rings. The number of rotatable bonds is 2. The van der Waals surface area contributed by atoms with E-state index in [9.17, 15) is 13.6 Å². The van der Waals surface area contributed by atoms with Crippen LogP contribution in [0.25, 0.3) is 0 Å². The maximum atomic E-state index is 13.2. The van der Waals surface area contributed by atoms with E-state index in [-0.39, 0.29) is 12.3 Å². The Kier molecular flexibility index (Phi) is 3.33. The summed E-state index contributed by atoms with van der Waals surface area (Å²) >= 11 is 0. The summed E-state index contributed by atoms with van der Waals surface area (Å²) in [5.41, 5.74) is 8.80. The topological polar surface area (TPSA) is 46.3 Å². The van der Waals surface area contributed by atoms with E-state index >= 15 is 0 Å². The minimum Gasteiger partial charge on any atom is -0.398 e. The van der Waals surface area contributed by atoms with Gasteiger partial charge in [0.1, 0.15) is 0 Å². The normalized spacial score (nSPS) is 13.3. The van der Waals surface area contributed by atoms with Crippen LogP contribution in [0.4, 0.5) is 20.2 Å². The Morgan fingerprint density at radius 1 is 1.19 bits per heavy atom. The Morgan fingerprint density at radius 2 is 2.00 bits per heavy atom. The minimum atomic E-state index is -0.939. The maximum absolute atomic E-state index is 13.2. The van der Waals surface area contributed by atoms with Crippen LogP contribution in [0.15, 0.2) is 36.4 Å². The van der Waals surface area contributed by atoms with E-state index in [0.717, 1.165) is 23.4 Å². The van der Waals surface area contributed by atoms with Gasteiger partial charge in [-0.15, -0.1) is 0 Å². The Labute approximate surface area is 121 Å². The monoisotopic (exact) mass is 288 g/mol. The lowest BCUT2D eigenvalue weighted by atomic mass is 10.1. The second-order valence-corrected chi connectivity index (χ2v) is 5.07. The van der Waals surface area contributed by atoms with Gasteiger partial charge in [-0.3, -0.25) is 4.79 Å². The summed E-state index contributed by atoms with van der Waals surface area (Å²) in [6.45, 7) is 0.562. The molecule has 1 heterocycles. The molecule has 2 aromatic rings. The molecule has 21 heavy (non-hydrogen) atoms. The number of halogens is 2. The summed E-state index contributed by atoms with van der Waals surface area (Å²) in [6.07, 6.45) is 0.747. The first-order valence-electron chi connectivity index (χ1n) is 6.68. The first-order chi connectivity index (χ1) is 10.1. The van der Waals surface area contributed by atoms with Gasteiger partial charge in [-0.1, -0.05) is 12.1 Å². The summed E-state index contributed by atoms with van der Waals surface area (Å²) in [7, 11) is 0. The molecule has 3 nitrogen and oxygen atoms in total. The van der Waals surface area contributed by atoms with Gasteiger partial charge >= 0.3 is 0 Å². The zero-order valence-electron chi connectivity index (χ0n) is 11.3. The maximum Gasteiger partial charge on any atom is 0.231 e. The van der Waals surface area contributed by atoms with E-state index in [1.165, 1.54) is 6.07 Å². The summed E-state index contributed by atoms with van der Waals surface area (Å²) in [5, 5.41) is 0. The van der Waals surface area contributed by atoms with Gasteiger partial charge in [-0.05, 0) is 36.2 Å². The van der Waals surface area contributed by atoms with Crippen molar-refractivity contribution in [1.82, 2.24) is 0 Å². The van der Waals surface area contributed by atoms with Crippen molar-refractivity contribution in [3.63, 3.8) is 0 Å². The van der Waals surface area contributed by atoms with Crippen LogP contribution < -0.4 is 10.6 Å². The van der Waals surface area contributed by atoms with Crippen molar-refractivity contribution in [3.05, 3.63) is 59.2 Å². The standard InChI is InChI=1S/C16H14F2N2O/c17-12-5-4-10(8-13(12)18)9-16(21)20-7-6-11-14(19)2-1-3-15(11)20/h1-5,8H,6-7,9,19H2. The molecule has 2 N–H and O–H groups in total. The lowest BCUT2D eigenvalue weighted by Crippen LogP contribution is -2.30.